The Labute approximate surface area is 127 Å². The summed E-state index contributed by atoms with van der Waals surface area (Å²) in [5, 5.41) is 3.36. The molecule has 0 saturated heterocycles. The molecule has 5 heteroatoms. The molecular weight excluding hydrogens is 270 g/mol. The van der Waals surface area contributed by atoms with Crippen molar-refractivity contribution < 1.29 is 18.6 Å². The van der Waals surface area contributed by atoms with Crippen LogP contribution in [0.3, 0.4) is 0 Å². The molecule has 0 radical (unpaired) electrons. The van der Waals surface area contributed by atoms with E-state index < -0.39 is 0 Å². The van der Waals surface area contributed by atoms with Crippen molar-refractivity contribution in [1.29, 1.82) is 0 Å². The third-order valence-corrected chi connectivity index (χ3v) is 3.00. The van der Waals surface area contributed by atoms with Gasteiger partial charge in [-0.15, -0.1) is 0 Å². The van der Waals surface area contributed by atoms with E-state index in [0.717, 1.165) is 24.5 Å². The Kier molecular flexibility index (Phi) is 9.34. The first-order chi connectivity index (χ1) is 10.1. The van der Waals surface area contributed by atoms with Gasteiger partial charge in [0.1, 0.15) is 18.1 Å². The molecule has 0 bridgehead atoms. The fourth-order valence-corrected chi connectivity index (χ4v) is 1.81. The molecule has 122 valence electrons. The molecular formula is C16H29NO4. The second-order valence-corrected chi connectivity index (χ2v) is 5.37. The SMILES string of the molecule is COCCOCCCOCc1cc(C)c(CNC(C)C)o1. The van der Waals surface area contributed by atoms with Crippen LogP contribution < -0.4 is 5.32 Å². The van der Waals surface area contributed by atoms with Crippen LogP contribution in [0.2, 0.25) is 0 Å². The van der Waals surface area contributed by atoms with E-state index >= 15 is 0 Å². The summed E-state index contributed by atoms with van der Waals surface area (Å²) >= 11 is 0. The van der Waals surface area contributed by atoms with Gasteiger partial charge in [0.15, 0.2) is 0 Å². The monoisotopic (exact) mass is 299 g/mol. The van der Waals surface area contributed by atoms with Gasteiger partial charge >= 0.3 is 0 Å². The average Bonchev–Trinajstić information content (AvgIpc) is 2.80. The van der Waals surface area contributed by atoms with E-state index in [1.807, 2.05) is 6.07 Å². The van der Waals surface area contributed by atoms with E-state index in [0.29, 0.717) is 39.1 Å². The number of ether oxygens (including phenoxy) is 3. The van der Waals surface area contributed by atoms with Gasteiger partial charge in [-0.2, -0.15) is 0 Å². The van der Waals surface area contributed by atoms with Gasteiger partial charge in [0.2, 0.25) is 0 Å². The predicted molar refractivity (Wildman–Crippen MR) is 82.4 cm³/mol. The molecule has 5 nitrogen and oxygen atoms in total. The van der Waals surface area contributed by atoms with Crippen LogP contribution in [0.1, 0.15) is 37.4 Å². The van der Waals surface area contributed by atoms with Gasteiger partial charge in [0.05, 0.1) is 19.8 Å². The van der Waals surface area contributed by atoms with Crippen molar-refractivity contribution in [2.45, 2.75) is 46.4 Å². The van der Waals surface area contributed by atoms with Crippen molar-refractivity contribution in [1.82, 2.24) is 5.32 Å². The second kappa shape index (κ2) is 10.8. The van der Waals surface area contributed by atoms with Crippen LogP contribution in [0.15, 0.2) is 10.5 Å². The van der Waals surface area contributed by atoms with Crippen molar-refractivity contribution in [2.24, 2.45) is 0 Å². The maximum atomic E-state index is 5.79. The van der Waals surface area contributed by atoms with Gasteiger partial charge in [-0.05, 0) is 25.0 Å². The molecule has 0 amide bonds. The van der Waals surface area contributed by atoms with Crippen LogP contribution in [0, 0.1) is 6.92 Å². The Morgan fingerprint density at radius 3 is 2.62 bits per heavy atom. The molecule has 0 aliphatic heterocycles. The lowest BCUT2D eigenvalue weighted by atomic mass is 10.2. The van der Waals surface area contributed by atoms with E-state index in [2.05, 4.69) is 26.1 Å². The molecule has 1 aromatic heterocycles. The van der Waals surface area contributed by atoms with E-state index in [1.165, 1.54) is 5.56 Å². The molecule has 0 aliphatic carbocycles. The molecule has 1 N–H and O–H groups in total. The fourth-order valence-electron chi connectivity index (χ4n) is 1.81. The van der Waals surface area contributed by atoms with E-state index in [1.54, 1.807) is 7.11 Å². The van der Waals surface area contributed by atoms with E-state index in [-0.39, 0.29) is 0 Å². The van der Waals surface area contributed by atoms with Gasteiger partial charge in [0, 0.05) is 26.4 Å². The number of aryl methyl sites for hydroxylation is 1. The Hall–Kier alpha value is -0.880. The van der Waals surface area contributed by atoms with Crippen LogP contribution >= 0.6 is 0 Å². The smallest absolute Gasteiger partial charge is 0.130 e. The fraction of sp³-hybridized carbons (Fsp3) is 0.750. The highest BCUT2D eigenvalue weighted by molar-refractivity contribution is 5.19. The normalized spacial score (nSPS) is 11.5. The highest BCUT2D eigenvalue weighted by Crippen LogP contribution is 2.15. The van der Waals surface area contributed by atoms with Crippen molar-refractivity contribution in [3.63, 3.8) is 0 Å². The summed E-state index contributed by atoms with van der Waals surface area (Å²) in [5.74, 6) is 1.87. The number of rotatable bonds is 12. The molecule has 1 heterocycles. The summed E-state index contributed by atoms with van der Waals surface area (Å²) < 4.78 is 21.7. The molecule has 0 spiro atoms. The minimum atomic E-state index is 0.451. The average molecular weight is 299 g/mol. The van der Waals surface area contributed by atoms with Crippen LogP contribution in [0.5, 0.6) is 0 Å². The summed E-state index contributed by atoms with van der Waals surface area (Å²) in [6, 6.07) is 2.50. The topological polar surface area (TPSA) is 52.9 Å². The molecule has 0 aromatic carbocycles. The summed E-state index contributed by atoms with van der Waals surface area (Å²) in [7, 11) is 1.67. The minimum Gasteiger partial charge on any atom is -0.462 e. The standard InChI is InChI=1S/C16H29NO4/c1-13(2)17-11-16-14(3)10-15(21-16)12-20-7-5-6-19-9-8-18-4/h10,13,17H,5-9,11-12H2,1-4H3. The van der Waals surface area contributed by atoms with Crippen molar-refractivity contribution in [3.8, 4) is 0 Å². The van der Waals surface area contributed by atoms with Crippen LogP contribution in [-0.2, 0) is 27.4 Å². The van der Waals surface area contributed by atoms with Gasteiger partial charge < -0.3 is 23.9 Å². The largest absolute Gasteiger partial charge is 0.462 e. The van der Waals surface area contributed by atoms with E-state index in [4.69, 9.17) is 18.6 Å². The van der Waals surface area contributed by atoms with Gasteiger partial charge in [0.25, 0.3) is 0 Å². The van der Waals surface area contributed by atoms with Gasteiger partial charge in [-0.25, -0.2) is 0 Å². The number of nitrogens with one attached hydrogen (secondary N) is 1. The van der Waals surface area contributed by atoms with Gasteiger partial charge in [-0.1, -0.05) is 13.8 Å². The summed E-state index contributed by atoms with van der Waals surface area (Å²) in [5.41, 5.74) is 1.17. The third kappa shape index (κ3) is 8.21. The third-order valence-electron chi connectivity index (χ3n) is 3.00. The zero-order chi connectivity index (χ0) is 15.5. The first-order valence-electron chi connectivity index (χ1n) is 7.59. The summed E-state index contributed by atoms with van der Waals surface area (Å²) in [6.07, 6.45) is 0.880. The van der Waals surface area contributed by atoms with Crippen molar-refractivity contribution in [3.05, 3.63) is 23.2 Å². The highest BCUT2D eigenvalue weighted by Gasteiger charge is 2.08. The maximum absolute atomic E-state index is 5.79. The Morgan fingerprint density at radius 1 is 1.14 bits per heavy atom. The predicted octanol–water partition coefficient (Wildman–Crippen LogP) is 2.66. The molecule has 0 aliphatic rings. The molecule has 0 fully saturated rings. The minimum absolute atomic E-state index is 0.451. The lowest BCUT2D eigenvalue weighted by Gasteiger charge is -2.06. The number of furan rings is 1. The number of methoxy groups -OCH3 is 1. The van der Waals surface area contributed by atoms with E-state index in [9.17, 15) is 0 Å². The number of hydrogen-bond donors (Lipinski definition) is 1. The highest BCUT2D eigenvalue weighted by atomic mass is 16.5. The molecule has 1 rings (SSSR count). The lowest BCUT2D eigenvalue weighted by Crippen LogP contribution is -2.21. The second-order valence-electron chi connectivity index (χ2n) is 5.37. The Morgan fingerprint density at radius 2 is 1.90 bits per heavy atom. The zero-order valence-electron chi connectivity index (χ0n) is 13.7. The molecule has 1 aromatic rings. The molecule has 0 unspecified atom stereocenters. The zero-order valence-corrected chi connectivity index (χ0v) is 13.7. The van der Waals surface area contributed by atoms with Crippen molar-refractivity contribution >= 4 is 0 Å². The Balaban J connectivity index is 2.13. The van der Waals surface area contributed by atoms with Crippen molar-refractivity contribution in [2.75, 3.05) is 33.5 Å². The quantitative estimate of drug-likeness (QED) is 0.601. The van der Waals surface area contributed by atoms with Gasteiger partial charge in [-0.3, -0.25) is 0 Å². The first-order valence-corrected chi connectivity index (χ1v) is 7.59. The Bertz CT molecular complexity index is 376. The maximum Gasteiger partial charge on any atom is 0.130 e. The van der Waals surface area contributed by atoms with Crippen LogP contribution in [0.25, 0.3) is 0 Å². The number of hydrogen-bond acceptors (Lipinski definition) is 5. The lowest BCUT2D eigenvalue weighted by molar-refractivity contribution is 0.0451. The first kappa shape index (κ1) is 18.2. The molecule has 21 heavy (non-hydrogen) atoms. The molecule has 0 atom stereocenters. The van der Waals surface area contributed by atoms with Crippen LogP contribution in [-0.4, -0.2) is 39.6 Å². The van der Waals surface area contributed by atoms with Crippen LogP contribution in [0.4, 0.5) is 0 Å². The summed E-state index contributed by atoms with van der Waals surface area (Å²) in [4.78, 5) is 0. The molecule has 0 saturated carbocycles. The summed E-state index contributed by atoms with van der Waals surface area (Å²) in [6.45, 7) is 10.2.